The maximum absolute atomic E-state index is 14.1. The lowest BCUT2D eigenvalue weighted by Gasteiger charge is -2.40. The smallest absolute Gasteiger partial charge is 0.277 e. The Morgan fingerprint density at radius 1 is 1.00 bits per heavy atom. The minimum absolute atomic E-state index is 0.0323. The van der Waals surface area contributed by atoms with Gasteiger partial charge in [0.25, 0.3) is 5.56 Å². The first-order valence-corrected chi connectivity index (χ1v) is 24.7. The van der Waals surface area contributed by atoms with Crippen molar-refractivity contribution in [2.24, 2.45) is 5.41 Å². The van der Waals surface area contributed by atoms with Crippen LogP contribution >= 0.6 is 0 Å². The van der Waals surface area contributed by atoms with Gasteiger partial charge >= 0.3 is 0 Å². The molecule has 0 radical (unpaired) electrons. The van der Waals surface area contributed by atoms with Crippen molar-refractivity contribution in [3.8, 4) is 17.1 Å². The average Bonchev–Trinajstić information content (AvgIpc) is 3.44. The third kappa shape index (κ3) is 9.97. The van der Waals surface area contributed by atoms with E-state index in [0.717, 1.165) is 25.6 Å². The molecule has 1 unspecified atom stereocenters. The van der Waals surface area contributed by atoms with Crippen molar-refractivity contribution in [1.82, 2.24) is 29.0 Å². The van der Waals surface area contributed by atoms with E-state index in [1.807, 2.05) is 13.8 Å². The van der Waals surface area contributed by atoms with E-state index in [1.165, 1.54) is 15.1 Å². The molecule has 0 bridgehead atoms. The Morgan fingerprint density at radius 3 is 2.33 bits per heavy atom. The summed E-state index contributed by atoms with van der Waals surface area (Å²) in [5, 5.41) is 4.76. The molecule has 4 aromatic rings. The molecule has 0 aliphatic carbocycles. The molecule has 2 N–H and O–H groups in total. The number of benzene rings is 2. The molecule has 14 nitrogen and oxygen atoms in total. The van der Waals surface area contributed by atoms with Gasteiger partial charge in [0.2, 0.25) is 20.0 Å². The number of nitrogens with one attached hydrogen (secondary N) is 2. The minimum atomic E-state index is -3.90. The number of anilines is 1. The molecule has 1 saturated heterocycles. The number of aromatic amines is 1. The lowest BCUT2D eigenvalue weighted by molar-refractivity contribution is 0.0378. The number of sulfonamides is 2. The van der Waals surface area contributed by atoms with Gasteiger partial charge < -0.3 is 14.1 Å². The van der Waals surface area contributed by atoms with Crippen LogP contribution in [-0.4, -0.2) is 107 Å². The summed E-state index contributed by atoms with van der Waals surface area (Å²) < 4.78 is 70.4. The summed E-state index contributed by atoms with van der Waals surface area (Å²) in [6.45, 7) is 17.9. The van der Waals surface area contributed by atoms with E-state index in [0.29, 0.717) is 73.0 Å². The molecule has 1 atom stereocenters. The van der Waals surface area contributed by atoms with Gasteiger partial charge in [-0.2, -0.15) is 9.40 Å². The fourth-order valence-corrected chi connectivity index (χ4v) is 9.69. The second-order valence-electron chi connectivity index (χ2n) is 15.2. The first-order valence-electron chi connectivity index (χ1n) is 18.6. The van der Waals surface area contributed by atoms with Crippen molar-refractivity contribution in [1.29, 1.82) is 0 Å². The van der Waals surface area contributed by atoms with Gasteiger partial charge in [0.1, 0.15) is 17.1 Å². The molecule has 296 valence electrons. The highest BCUT2D eigenvalue weighted by Gasteiger charge is 2.33. The second kappa shape index (κ2) is 17.0. The van der Waals surface area contributed by atoms with E-state index in [4.69, 9.17) is 19.2 Å². The van der Waals surface area contributed by atoms with E-state index < -0.39 is 34.6 Å². The van der Waals surface area contributed by atoms with Gasteiger partial charge in [0, 0.05) is 32.7 Å². The highest BCUT2D eigenvalue weighted by molar-refractivity contribution is 7.92. The third-order valence-corrected chi connectivity index (χ3v) is 12.6. The summed E-state index contributed by atoms with van der Waals surface area (Å²) in [4.78, 5) is 24.1. The summed E-state index contributed by atoms with van der Waals surface area (Å²) in [5.41, 5.74) is 2.06. The zero-order chi connectivity index (χ0) is 39.4. The standard InChI is InChI=1S/C37H55N7O7S2Si/c1-9-13-30-33-34(44(40-30)24-26-14-11-12-15-29(26)41-52(6,46)47)36(45)39-35(38-33)28-23-27(16-17-31(28)50-22-10-2)53(48,49)43-20-18-42(19-21-43)25-32(37(3,4)5)51-54(7)8/h11-12,14-17,23,32,41,54H,9-10,13,18-22,24-25H2,1-8H3,(H,38,39,45). The fourth-order valence-electron chi connectivity index (χ4n) is 6.49. The van der Waals surface area contributed by atoms with Gasteiger partial charge in [0.15, 0.2) is 14.6 Å². The van der Waals surface area contributed by atoms with Gasteiger partial charge in [-0.3, -0.25) is 19.1 Å². The molecular formula is C37H55N7O7S2Si. The number of para-hydroxylation sites is 1. The summed E-state index contributed by atoms with van der Waals surface area (Å²) in [6, 6.07) is 11.6. The molecule has 3 heterocycles. The Morgan fingerprint density at radius 2 is 1.70 bits per heavy atom. The molecule has 2 aromatic heterocycles. The van der Waals surface area contributed by atoms with Crippen LogP contribution in [0, 0.1) is 5.41 Å². The van der Waals surface area contributed by atoms with E-state index in [9.17, 15) is 21.6 Å². The number of nitrogens with zero attached hydrogens (tertiary/aromatic N) is 5. The fraction of sp³-hybridized carbons (Fsp3) is 0.541. The van der Waals surface area contributed by atoms with Gasteiger partial charge in [-0.05, 0) is 61.2 Å². The van der Waals surface area contributed by atoms with E-state index in [2.05, 4.69) is 48.5 Å². The van der Waals surface area contributed by atoms with Crippen molar-refractivity contribution < 1.29 is 26.0 Å². The van der Waals surface area contributed by atoms with E-state index >= 15 is 0 Å². The number of hydrogen-bond acceptors (Lipinski definition) is 10. The topological polar surface area (TPSA) is 169 Å². The predicted molar refractivity (Wildman–Crippen MR) is 216 cm³/mol. The first-order chi connectivity index (χ1) is 25.4. The number of fused-ring (bicyclic) bond motifs is 1. The Bertz CT molecular complexity index is 2210. The van der Waals surface area contributed by atoms with Crippen LogP contribution in [0.15, 0.2) is 52.2 Å². The number of ether oxygens (including phenoxy) is 1. The highest BCUT2D eigenvalue weighted by Crippen LogP contribution is 2.33. The molecule has 17 heteroatoms. The number of aromatic nitrogens is 4. The van der Waals surface area contributed by atoms with E-state index in [1.54, 1.807) is 36.4 Å². The molecule has 1 aliphatic heterocycles. The number of rotatable bonds is 16. The normalized spacial score (nSPS) is 15.6. The number of aryl methyl sites for hydroxylation is 1. The van der Waals surface area contributed by atoms with Crippen molar-refractivity contribution in [2.45, 2.75) is 84.5 Å². The van der Waals surface area contributed by atoms with Crippen molar-refractivity contribution >= 4 is 45.8 Å². The van der Waals surface area contributed by atoms with Crippen LogP contribution in [-0.2, 0) is 37.4 Å². The van der Waals surface area contributed by atoms with Gasteiger partial charge in [-0.25, -0.2) is 21.8 Å². The Kier molecular flexibility index (Phi) is 13.1. The van der Waals surface area contributed by atoms with Crippen molar-refractivity contribution in [3.63, 3.8) is 0 Å². The minimum Gasteiger partial charge on any atom is -0.493 e. The van der Waals surface area contributed by atoms with E-state index in [-0.39, 0.29) is 34.3 Å². The Hall–Kier alpha value is -3.61. The van der Waals surface area contributed by atoms with Crippen LogP contribution in [0.2, 0.25) is 13.1 Å². The Balaban J connectivity index is 1.49. The maximum atomic E-state index is 14.1. The SMILES string of the molecule is CCCOc1ccc(S(=O)(=O)N2CCN(CC(O[SiH](C)C)C(C)(C)C)CC2)cc1-c1nc2c(CCC)nn(Cc3ccccc3NS(C)(=O)=O)c2c(=O)[nH]1. The molecule has 0 spiro atoms. The number of hydrogen-bond donors (Lipinski definition) is 2. The van der Waals surface area contributed by atoms with Crippen molar-refractivity contribution in [2.75, 3.05) is 50.3 Å². The lowest BCUT2D eigenvalue weighted by atomic mass is 9.89. The molecule has 1 fully saturated rings. The van der Waals surface area contributed by atoms with Crippen LogP contribution in [0.25, 0.3) is 22.4 Å². The zero-order valence-corrected chi connectivity index (χ0v) is 35.5. The molecule has 54 heavy (non-hydrogen) atoms. The molecule has 0 saturated carbocycles. The van der Waals surface area contributed by atoms with Gasteiger partial charge in [-0.1, -0.05) is 59.2 Å². The second-order valence-corrected chi connectivity index (χ2v) is 21.3. The molecule has 2 aromatic carbocycles. The molecule has 0 amide bonds. The van der Waals surface area contributed by atoms with Crippen LogP contribution in [0.5, 0.6) is 5.75 Å². The third-order valence-electron chi connectivity index (χ3n) is 9.25. The summed E-state index contributed by atoms with van der Waals surface area (Å²) >= 11 is 0. The van der Waals surface area contributed by atoms with Crippen LogP contribution in [0.1, 0.15) is 58.7 Å². The monoisotopic (exact) mass is 801 g/mol. The molecule has 1 aliphatic rings. The number of H-pyrrole nitrogens is 1. The summed E-state index contributed by atoms with van der Waals surface area (Å²) in [7, 11) is -8.72. The summed E-state index contributed by atoms with van der Waals surface area (Å²) in [5.74, 6) is 0.564. The molecule has 5 rings (SSSR count). The predicted octanol–water partition coefficient (Wildman–Crippen LogP) is 4.67. The highest BCUT2D eigenvalue weighted by atomic mass is 32.2. The van der Waals surface area contributed by atoms with Crippen LogP contribution < -0.4 is 15.0 Å². The van der Waals surface area contributed by atoms with Gasteiger partial charge in [-0.15, -0.1) is 0 Å². The van der Waals surface area contributed by atoms with Crippen LogP contribution in [0.4, 0.5) is 5.69 Å². The largest absolute Gasteiger partial charge is 0.493 e. The average molecular weight is 802 g/mol. The van der Waals surface area contributed by atoms with Crippen LogP contribution in [0.3, 0.4) is 0 Å². The lowest BCUT2D eigenvalue weighted by Crippen LogP contribution is -2.52. The first kappa shape index (κ1) is 41.5. The molecular weight excluding hydrogens is 747 g/mol. The summed E-state index contributed by atoms with van der Waals surface area (Å²) in [6.07, 6.45) is 3.13. The number of piperazine rings is 1. The van der Waals surface area contributed by atoms with Gasteiger partial charge in [0.05, 0.1) is 47.4 Å². The van der Waals surface area contributed by atoms with Crippen molar-refractivity contribution in [3.05, 3.63) is 64.1 Å². The maximum Gasteiger partial charge on any atom is 0.277 e. The zero-order valence-electron chi connectivity index (χ0n) is 32.7. The quantitative estimate of drug-likeness (QED) is 0.152. The Labute approximate surface area is 321 Å².